The summed E-state index contributed by atoms with van der Waals surface area (Å²) >= 11 is 0. The first kappa shape index (κ1) is 16.5. The van der Waals surface area contributed by atoms with Crippen molar-refractivity contribution in [1.29, 1.82) is 0 Å². The summed E-state index contributed by atoms with van der Waals surface area (Å²) in [4.78, 5) is 23.6. The second-order valence-corrected chi connectivity index (χ2v) is 5.18. The number of hydrogen-bond donors (Lipinski definition) is 3. The van der Waals surface area contributed by atoms with Crippen LogP contribution in [0.2, 0.25) is 0 Å². The third kappa shape index (κ3) is 4.85. The quantitative estimate of drug-likeness (QED) is 0.717. The van der Waals surface area contributed by atoms with E-state index in [1.165, 1.54) is 0 Å². The molecule has 2 amide bonds. The van der Waals surface area contributed by atoms with Crippen LogP contribution in [0, 0.1) is 0 Å². The van der Waals surface area contributed by atoms with Gasteiger partial charge in [-0.05, 0) is 49.2 Å². The lowest BCUT2D eigenvalue weighted by Gasteiger charge is -2.08. The first-order valence-corrected chi connectivity index (χ1v) is 7.61. The van der Waals surface area contributed by atoms with Crippen molar-refractivity contribution in [3.05, 3.63) is 59.7 Å². The number of carbonyl (C=O) groups excluding carboxylic acids is 2. The van der Waals surface area contributed by atoms with E-state index in [1.54, 1.807) is 24.3 Å². The fraction of sp³-hybridized carbons (Fsp3) is 0.222. The van der Waals surface area contributed by atoms with Crippen molar-refractivity contribution in [3.8, 4) is 0 Å². The molecule has 0 fully saturated rings. The second kappa shape index (κ2) is 7.98. The van der Waals surface area contributed by atoms with E-state index in [0.29, 0.717) is 36.3 Å². The number of amides is 2. The maximum absolute atomic E-state index is 12.0. The van der Waals surface area contributed by atoms with E-state index in [2.05, 4.69) is 10.6 Å². The van der Waals surface area contributed by atoms with E-state index in [-0.39, 0.29) is 11.8 Å². The molecule has 0 aromatic heterocycles. The molecular formula is C18H21N3O2. The minimum Gasteiger partial charge on any atom is -0.399 e. The van der Waals surface area contributed by atoms with Gasteiger partial charge in [0.15, 0.2) is 0 Å². The third-order valence-electron chi connectivity index (χ3n) is 3.44. The van der Waals surface area contributed by atoms with Gasteiger partial charge < -0.3 is 16.4 Å². The molecule has 0 atom stereocenters. The van der Waals surface area contributed by atoms with Gasteiger partial charge in [0.1, 0.15) is 0 Å². The molecular weight excluding hydrogens is 290 g/mol. The number of nitrogens with one attached hydrogen (secondary N) is 2. The van der Waals surface area contributed by atoms with Crippen molar-refractivity contribution in [3.63, 3.8) is 0 Å². The van der Waals surface area contributed by atoms with E-state index in [1.807, 2.05) is 31.2 Å². The molecule has 0 aliphatic carbocycles. The van der Waals surface area contributed by atoms with Gasteiger partial charge in [-0.2, -0.15) is 0 Å². The number of hydrogen-bond acceptors (Lipinski definition) is 3. The Labute approximate surface area is 135 Å². The fourth-order valence-electron chi connectivity index (χ4n) is 2.20. The van der Waals surface area contributed by atoms with Crippen LogP contribution in [-0.4, -0.2) is 18.4 Å². The number of para-hydroxylation sites is 1. The van der Waals surface area contributed by atoms with Gasteiger partial charge in [-0.1, -0.05) is 18.2 Å². The minimum atomic E-state index is -0.120. The van der Waals surface area contributed by atoms with Gasteiger partial charge in [-0.15, -0.1) is 0 Å². The Kier molecular flexibility index (Phi) is 5.74. The molecule has 120 valence electrons. The average molecular weight is 311 g/mol. The van der Waals surface area contributed by atoms with Gasteiger partial charge in [0, 0.05) is 29.9 Å². The van der Waals surface area contributed by atoms with Crippen molar-refractivity contribution in [2.24, 2.45) is 0 Å². The molecule has 5 nitrogen and oxygen atoms in total. The third-order valence-corrected chi connectivity index (χ3v) is 3.44. The number of nitrogen functional groups attached to an aromatic ring is 1. The first-order valence-electron chi connectivity index (χ1n) is 7.61. The molecule has 23 heavy (non-hydrogen) atoms. The summed E-state index contributed by atoms with van der Waals surface area (Å²) in [7, 11) is 0. The Morgan fingerprint density at radius 1 is 1.04 bits per heavy atom. The number of nitrogens with two attached hydrogens (primary N) is 1. The average Bonchev–Trinajstić information content (AvgIpc) is 2.55. The Hall–Kier alpha value is -2.82. The van der Waals surface area contributed by atoms with E-state index in [0.717, 1.165) is 5.56 Å². The number of carbonyl (C=O) groups is 2. The van der Waals surface area contributed by atoms with Crippen molar-refractivity contribution in [1.82, 2.24) is 5.32 Å². The van der Waals surface area contributed by atoms with E-state index < -0.39 is 0 Å². The Morgan fingerprint density at radius 3 is 2.39 bits per heavy atom. The molecule has 0 aliphatic heterocycles. The number of aryl methyl sites for hydroxylation is 1. The summed E-state index contributed by atoms with van der Waals surface area (Å²) in [6, 6.07) is 14.3. The molecule has 0 saturated heterocycles. The summed E-state index contributed by atoms with van der Waals surface area (Å²) in [5.74, 6) is -0.205. The number of anilines is 2. The molecule has 0 saturated carbocycles. The summed E-state index contributed by atoms with van der Waals surface area (Å²) in [5.41, 5.74) is 8.77. The molecule has 0 spiro atoms. The van der Waals surface area contributed by atoms with Gasteiger partial charge in [-0.3, -0.25) is 9.59 Å². The lowest BCUT2D eigenvalue weighted by molar-refractivity contribution is -0.116. The summed E-state index contributed by atoms with van der Waals surface area (Å²) in [6.45, 7) is 2.45. The van der Waals surface area contributed by atoms with Gasteiger partial charge >= 0.3 is 0 Å². The van der Waals surface area contributed by atoms with Crippen LogP contribution < -0.4 is 16.4 Å². The summed E-state index contributed by atoms with van der Waals surface area (Å²) in [5, 5.41) is 5.55. The Morgan fingerprint density at radius 2 is 1.74 bits per heavy atom. The van der Waals surface area contributed by atoms with Crippen LogP contribution in [0.3, 0.4) is 0 Å². The molecule has 0 unspecified atom stereocenters. The van der Waals surface area contributed by atoms with Crippen LogP contribution in [0.4, 0.5) is 11.4 Å². The van der Waals surface area contributed by atoms with Gasteiger partial charge in [0.05, 0.1) is 0 Å². The Bertz CT molecular complexity index is 681. The van der Waals surface area contributed by atoms with Crippen molar-refractivity contribution >= 4 is 23.2 Å². The summed E-state index contributed by atoms with van der Waals surface area (Å²) in [6.07, 6.45) is 0.946. The zero-order chi connectivity index (χ0) is 16.7. The van der Waals surface area contributed by atoms with E-state index in [4.69, 9.17) is 5.73 Å². The SMILES string of the molecule is CCNC(=O)c1ccc(NC(=O)CCc2ccccc2N)cc1. The normalized spacial score (nSPS) is 10.1. The van der Waals surface area contributed by atoms with Crippen molar-refractivity contribution in [2.45, 2.75) is 19.8 Å². The van der Waals surface area contributed by atoms with Gasteiger partial charge in [0.25, 0.3) is 5.91 Å². The highest BCUT2D eigenvalue weighted by atomic mass is 16.2. The lowest BCUT2D eigenvalue weighted by Crippen LogP contribution is -2.22. The zero-order valence-electron chi connectivity index (χ0n) is 13.1. The molecule has 2 aromatic carbocycles. The monoisotopic (exact) mass is 311 g/mol. The molecule has 5 heteroatoms. The van der Waals surface area contributed by atoms with E-state index in [9.17, 15) is 9.59 Å². The van der Waals surface area contributed by atoms with Crippen LogP contribution in [0.15, 0.2) is 48.5 Å². The predicted octanol–water partition coefficient (Wildman–Crippen LogP) is 2.59. The minimum absolute atomic E-state index is 0.0842. The van der Waals surface area contributed by atoms with E-state index >= 15 is 0 Å². The van der Waals surface area contributed by atoms with Crippen LogP contribution in [0.25, 0.3) is 0 Å². The molecule has 2 aromatic rings. The first-order chi connectivity index (χ1) is 11.1. The van der Waals surface area contributed by atoms with Crippen LogP contribution in [-0.2, 0) is 11.2 Å². The molecule has 2 rings (SSSR count). The van der Waals surface area contributed by atoms with Crippen molar-refractivity contribution in [2.75, 3.05) is 17.6 Å². The predicted molar refractivity (Wildman–Crippen MR) is 92.3 cm³/mol. The second-order valence-electron chi connectivity index (χ2n) is 5.18. The summed E-state index contributed by atoms with van der Waals surface area (Å²) < 4.78 is 0. The zero-order valence-corrected chi connectivity index (χ0v) is 13.1. The van der Waals surface area contributed by atoms with Crippen LogP contribution in [0.5, 0.6) is 0 Å². The van der Waals surface area contributed by atoms with Gasteiger partial charge in [0.2, 0.25) is 5.91 Å². The smallest absolute Gasteiger partial charge is 0.251 e. The number of benzene rings is 2. The van der Waals surface area contributed by atoms with Crippen LogP contribution >= 0.6 is 0 Å². The highest BCUT2D eigenvalue weighted by Crippen LogP contribution is 2.14. The molecule has 0 radical (unpaired) electrons. The number of rotatable bonds is 6. The topological polar surface area (TPSA) is 84.2 Å². The Balaban J connectivity index is 1.88. The van der Waals surface area contributed by atoms with Gasteiger partial charge in [-0.25, -0.2) is 0 Å². The van der Waals surface area contributed by atoms with Crippen LogP contribution in [0.1, 0.15) is 29.3 Å². The largest absolute Gasteiger partial charge is 0.399 e. The molecule has 0 bridgehead atoms. The maximum atomic E-state index is 12.0. The highest BCUT2D eigenvalue weighted by molar-refractivity contribution is 5.95. The lowest BCUT2D eigenvalue weighted by atomic mass is 10.1. The maximum Gasteiger partial charge on any atom is 0.251 e. The molecule has 0 aliphatic rings. The molecule has 4 N–H and O–H groups in total. The fourth-order valence-corrected chi connectivity index (χ4v) is 2.20. The highest BCUT2D eigenvalue weighted by Gasteiger charge is 2.07. The standard InChI is InChI=1S/C18H21N3O2/c1-2-20-18(23)14-7-10-15(11-8-14)21-17(22)12-9-13-5-3-4-6-16(13)19/h3-8,10-11H,2,9,12,19H2,1H3,(H,20,23)(H,21,22). The van der Waals surface area contributed by atoms with Crippen molar-refractivity contribution < 1.29 is 9.59 Å². The molecule has 0 heterocycles.